The number of nitrogens with zero attached hydrogens (tertiary/aromatic N) is 3. The molecule has 0 spiro atoms. The molecule has 0 unspecified atom stereocenters. The summed E-state index contributed by atoms with van der Waals surface area (Å²) in [6.45, 7) is 2.68. The molecule has 3 aromatic rings. The van der Waals surface area contributed by atoms with Crippen LogP contribution in [-0.2, 0) is 23.6 Å². The van der Waals surface area contributed by atoms with Crippen LogP contribution >= 0.6 is 11.8 Å². The third kappa shape index (κ3) is 6.80. The summed E-state index contributed by atoms with van der Waals surface area (Å²) in [5.41, 5.74) is 4.04. The van der Waals surface area contributed by atoms with Crippen LogP contribution in [0.2, 0.25) is 0 Å². The van der Waals surface area contributed by atoms with Gasteiger partial charge in [-0.1, -0.05) is 18.2 Å². The largest absolute Gasteiger partial charge is 0.381 e. The van der Waals surface area contributed by atoms with Gasteiger partial charge in [0, 0.05) is 67.8 Å². The minimum Gasteiger partial charge on any atom is -0.381 e. The van der Waals surface area contributed by atoms with E-state index in [-0.39, 0.29) is 6.03 Å². The van der Waals surface area contributed by atoms with Crippen LogP contribution in [0.4, 0.5) is 10.5 Å². The Bertz CT molecular complexity index is 940. The highest BCUT2D eigenvalue weighted by Gasteiger charge is 2.16. The number of thioether (sulfide) groups is 1. The lowest BCUT2D eigenvalue weighted by molar-refractivity contribution is 0.1000. The number of rotatable bonds is 8. The molecule has 0 saturated carbocycles. The predicted molar refractivity (Wildman–Crippen MR) is 128 cm³/mol. The Morgan fingerprint density at radius 3 is 2.53 bits per heavy atom. The van der Waals surface area contributed by atoms with Crippen LogP contribution in [0.1, 0.15) is 29.5 Å². The number of aromatic nitrogens is 2. The van der Waals surface area contributed by atoms with Crippen molar-refractivity contribution < 1.29 is 9.53 Å². The normalized spacial score (nSPS) is 14.1. The van der Waals surface area contributed by atoms with Crippen molar-refractivity contribution in [1.82, 2.24) is 14.9 Å². The highest BCUT2D eigenvalue weighted by molar-refractivity contribution is 7.99. The Hall–Kier alpha value is -2.90. The average molecular weight is 449 g/mol. The molecule has 6 nitrogen and oxygen atoms in total. The van der Waals surface area contributed by atoms with Crippen LogP contribution in [0.3, 0.4) is 0 Å². The number of pyridine rings is 2. The molecule has 3 heterocycles. The van der Waals surface area contributed by atoms with Gasteiger partial charge in [0.15, 0.2) is 0 Å². The molecule has 1 aliphatic heterocycles. The third-order valence-corrected chi connectivity index (χ3v) is 6.78. The molecular formula is C25H28N4O2S. The molecule has 1 N–H and O–H groups in total. The molecule has 1 aliphatic rings. The third-order valence-electron chi connectivity index (χ3n) is 5.34. The molecule has 32 heavy (non-hydrogen) atoms. The monoisotopic (exact) mass is 448 g/mol. The van der Waals surface area contributed by atoms with E-state index in [4.69, 9.17) is 4.74 Å². The lowest BCUT2D eigenvalue weighted by atomic mass is 10.2. The maximum atomic E-state index is 13.2. The zero-order valence-corrected chi connectivity index (χ0v) is 18.8. The van der Waals surface area contributed by atoms with E-state index in [1.165, 1.54) is 5.56 Å². The maximum Gasteiger partial charge on any atom is 0.322 e. The summed E-state index contributed by atoms with van der Waals surface area (Å²) in [7, 11) is 0. The molecule has 2 aromatic heterocycles. The van der Waals surface area contributed by atoms with Crippen molar-refractivity contribution in [2.24, 2.45) is 0 Å². The number of benzene rings is 1. The zero-order chi connectivity index (χ0) is 22.0. The molecule has 7 heteroatoms. The van der Waals surface area contributed by atoms with Crippen molar-refractivity contribution in [3.63, 3.8) is 0 Å². The maximum absolute atomic E-state index is 13.2. The fraction of sp³-hybridized carbons (Fsp3) is 0.320. The van der Waals surface area contributed by atoms with E-state index in [0.717, 1.165) is 48.6 Å². The van der Waals surface area contributed by atoms with Crippen molar-refractivity contribution in [3.05, 3.63) is 90.0 Å². The van der Waals surface area contributed by atoms with Gasteiger partial charge < -0.3 is 15.0 Å². The number of carbonyl (C=O) groups excluding carboxylic acids is 1. The van der Waals surface area contributed by atoms with Crippen LogP contribution in [0.15, 0.2) is 73.3 Å². The number of ether oxygens (including phenoxy) is 1. The first-order valence-electron chi connectivity index (χ1n) is 10.9. The van der Waals surface area contributed by atoms with Crippen LogP contribution in [0.5, 0.6) is 0 Å². The van der Waals surface area contributed by atoms with Crippen LogP contribution < -0.4 is 5.32 Å². The number of amides is 2. The molecule has 2 amide bonds. The highest BCUT2D eigenvalue weighted by atomic mass is 32.2. The Morgan fingerprint density at radius 2 is 1.75 bits per heavy atom. The first-order valence-corrected chi connectivity index (χ1v) is 11.9. The SMILES string of the molecule is O=C(Nc1cccc(CSC2CCOCC2)c1)N(Cc1ccncc1)Cc1cccnc1. The molecule has 1 saturated heterocycles. The van der Waals surface area contributed by atoms with Crippen molar-refractivity contribution in [3.8, 4) is 0 Å². The van der Waals surface area contributed by atoms with Gasteiger partial charge in [-0.2, -0.15) is 11.8 Å². The summed E-state index contributed by atoms with van der Waals surface area (Å²) in [6.07, 6.45) is 9.24. The van der Waals surface area contributed by atoms with Gasteiger partial charge in [0.05, 0.1) is 0 Å². The minimum atomic E-state index is -0.139. The number of hydrogen-bond donors (Lipinski definition) is 1. The van der Waals surface area contributed by atoms with Gasteiger partial charge in [-0.3, -0.25) is 9.97 Å². The first kappa shape index (κ1) is 22.3. The van der Waals surface area contributed by atoms with E-state index in [2.05, 4.69) is 27.4 Å². The summed E-state index contributed by atoms with van der Waals surface area (Å²) < 4.78 is 5.45. The Labute approximate surface area is 193 Å². The Balaban J connectivity index is 1.41. The van der Waals surface area contributed by atoms with Crippen molar-refractivity contribution in [1.29, 1.82) is 0 Å². The number of urea groups is 1. The molecule has 0 bridgehead atoms. The lowest BCUT2D eigenvalue weighted by Gasteiger charge is -2.24. The minimum absolute atomic E-state index is 0.139. The van der Waals surface area contributed by atoms with Gasteiger partial charge in [-0.25, -0.2) is 4.79 Å². The van der Waals surface area contributed by atoms with Crippen LogP contribution in [0, 0.1) is 0 Å². The van der Waals surface area contributed by atoms with Gasteiger partial charge in [-0.05, 0) is 59.9 Å². The van der Waals surface area contributed by atoms with E-state index < -0.39 is 0 Å². The Kier molecular flexibility index (Phi) is 8.11. The molecule has 4 rings (SSSR count). The number of carbonyl (C=O) groups is 1. The lowest BCUT2D eigenvalue weighted by Crippen LogP contribution is -2.34. The fourth-order valence-corrected chi connectivity index (χ4v) is 4.75. The van der Waals surface area contributed by atoms with Gasteiger partial charge in [0.1, 0.15) is 0 Å². The smallest absolute Gasteiger partial charge is 0.322 e. The summed E-state index contributed by atoms with van der Waals surface area (Å²) in [5, 5.41) is 3.73. The van der Waals surface area contributed by atoms with Gasteiger partial charge in [0.25, 0.3) is 0 Å². The van der Waals surface area contributed by atoms with E-state index in [1.54, 1.807) is 29.7 Å². The molecule has 0 atom stereocenters. The Morgan fingerprint density at radius 1 is 0.969 bits per heavy atom. The first-order chi connectivity index (χ1) is 15.8. The molecule has 0 aliphatic carbocycles. The second-order valence-corrected chi connectivity index (χ2v) is 9.11. The molecule has 1 fully saturated rings. The second-order valence-electron chi connectivity index (χ2n) is 7.83. The van der Waals surface area contributed by atoms with E-state index in [0.29, 0.717) is 18.3 Å². The summed E-state index contributed by atoms with van der Waals surface area (Å²) in [6, 6.07) is 15.7. The van der Waals surface area contributed by atoms with Crippen molar-refractivity contribution >= 4 is 23.5 Å². The van der Waals surface area contributed by atoms with Gasteiger partial charge in [0.2, 0.25) is 0 Å². The van der Waals surface area contributed by atoms with E-state index >= 15 is 0 Å². The predicted octanol–water partition coefficient (Wildman–Crippen LogP) is 5.12. The van der Waals surface area contributed by atoms with Crippen molar-refractivity contribution in [2.75, 3.05) is 18.5 Å². The average Bonchev–Trinajstić information content (AvgIpc) is 2.84. The topological polar surface area (TPSA) is 67.3 Å². The number of anilines is 1. The van der Waals surface area contributed by atoms with Crippen molar-refractivity contribution in [2.45, 2.75) is 36.9 Å². The van der Waals surface area contributed by atoms with Gasteiger partial charge in [-0.15, -0.1) is 0 Å². The van der Waals surface area contributed by atoms with Gasteiger partial charge >= 0.3 is 6.03 Å². The molecule has 166 valence electrons. The standard InChI is InChI=1S/C25H28N4O2S/c30-25(28-23-5-1-3-21(15-23)19-32-24-8-13-31-14-9-24)29(17-20-6-11-26-12-7-20)18-22-4-2-10-27-16-22/h1-7,10-12,15-16,24H,8-9,13-14,17-19H2,(H,28,30). The highest BCUT2D eigenvalue weighted by Crippen LogP contribution is 2.26. The second kappa shape index (κ2) is 11.6. The summed E-state index contributed by atoms with van der Waals surface area (Å²) >= 11 is 1.97. The molecular weight excluding hydrogens is 420 g/mol. The summed E-state index contributed by atoms with van der Waals surface area (Å²) in [4.78, 5) is 23.2. The van der Waals surface area contributed by atoms with E-state index in [1.807, 2.05) is 48.2 Å². The molecule has 1 aromatic carbocycles. The quantitative estimate of drug-likeness (QED) is 0.518. The van der Waals surface area contributed by atoms with Crippen LogP contribution in [-0.4, -0.2) is 39.4 Å². The van der Waals surface area contributed by atoms with E-state index in [9.17, 15) is 4.79 Å². The fourth-order valence-electron chi connectivity index (χ4n) is 3.62. The van der Waals surface area contributed by atoms with Crippen LogP contribution in [0.25, 0.3) is 0 Å². The number of nitrogens with one attached hydrogen (secondary N) is 1. The molecule has 0 radical (unpaired) electrons. The zero-order valence-electron chi connectivity index (χ0n) is 18.0. The summed E-state index contributed by atoms with van der Waals surface area (Å²) in [5.74, 6) is 0.935. The number of hydrogen-bond acceptors (Lipinski definition) is 5.